The van der Waals surface area contributed by atoms with E-state index in [1.54, 1.807) is 16.7 Å². The number of nitrogens with zero attached hydrogens (tertiary/aromatic N) is 2. The van der Waals surface area contributed by atoms with Crippen LogP contribution >= 0.6 is 0 Å². The van der Waals surface area contributed by atoms with Crippen molar-refractivity contribution in [3.8, 4) is 0 Å². The third-order valence-electron chi connectivity index (χ3n) is 4.04. The number of carbonyl (C=O) groups excluding carboxylic acids is 1. The van der Waals surface area contributed by atoms with Crippen LogP contribution in [0.15, 0.2) is 42.6 Å². The summed E-state index contributed by atoms with van der Waals surface area (Å²) in [6.45, 7) is 3.86. The lowest BCUT2D eigenvalue weighted by atomic mass is 10.1. The third-order valence-corrected chi connectivity index (χ3v) is 4.04. The predicted octanol–water partition coefficient (Wildman–Crippen LogP) is 3.55. The number of hydrogen-bond acceptors (Lipinski definition) is 3. The van der Waals surface area contributed by atoms with Crippen LogP contribution in [0.2, 0.25) is 0 Å². The van der Waals surface area contributed by atoms with Gasteiger partial charge in [-0.3, -0.25) is 9.20 Å². The molecule has 0 aliphatic carbocycles. The highest BCUT2D eigenvalue weighted by Crippen LogP contribution is 2.20. The highest BCUT2D eigenvalue weighted by molar-refractivity contribution is 6.05. The second-order valence-electron chi connectivity index (χ2n) is 5.87. The summed E-state index contributed by atoms with van der Waals surface area (Å²) in [5, 5.41) is 12.0. The quantitative estimate of drug-likeness (QED) is 0.746. The van der Waals surface area contributed by atoms with Crippen LogP contribution < -0.4 is 5.32 Å². The predicted molar refractivity (Wildman–Crippen MR) is 95.3 cm³/mol. The minimum atomic E-state index is -1.03. The van der Waals surface area contributed by atoms with Gasteiger partial charge < -0.3 is 10.4 Å². The van der Waals surface area contributed by atoms with Gasteiger partial charge in [0.05, 0.1) is 11.3 Å². The SMILES string of the molecule is CCCc1nc2ccccn2c1C(=O)Nc1cc(C(=O)O)ccc1C. The van der Waals surface area contributed by atoms with E-state index in [0.717, 1.165) is 17.7 Å². The Morgan fingerprint density at radius 3 is 2.76 bits per heavy atom. The summed E-state index contributed by atoms with van der Waals surface area (Å²) in [6.07, 6.45) is 3.37. The number of carbonyl (C=O) groups is 2. The van der Waals surface area contributed by atoms with E-state index < -0.39 is 5.97 Å². The summed E-state index contributed by atoms with van der Waals surface area (Å²) >= 11 is 0. The largest absolute Gasteiger partial charge is 0.478 e. The fourth-order valence-corrected chi connectivity index (χ4v) is 2.77. The van der Waals surface area contributed by atoms with E-state index in [1.807, 2.05) is 32.0 Å². The number of rotatable bonds is 5. The average Bonchev–Trinajstić information content (AvgIpc) is 2.95. The summed E-state index contributed by atoms with van der Waals surface area (Å²) in [7, 11) is 0. The molecule has 1 aromatic carbocycles. The van der Waals surface area contributed by atoms with E-state index in [-0.39, 0.29) is 11.5 Å². The number of aromatic carboxylic acids is 1. The summed E-state index contributed by atoms with van der Waals surface area (Å²) in [6, 6.07) is 10.2. The van der Waals surface area contributed by atoms with Crippen LogP contribution in [-0.2, 0) is 6.42 Å². The van der Waals surface area contributed by atoms with Crippen molar-refractivity contribution in [1.82, 2.24) is 9.38 Å². The van der Waals surface area contributed by atoms with Gasteiger partial charge in [-0.05, 0) is 43.2 Å². The maximum Gasteiger partial charge on any atom is 0.335 e. The lowest BCUT2D eigenvalue weighted by Gasteiger charge is -2.10. The zero-order valence-corrected chi connectivity index (χ0v) is 14.1. The van der Waals surface area contributed by atoms with Gasteiger partial charge in [0, 0.05) is 11.9 Å². The van der Waals surface area contributed by atoms with Gasteiger partial charge in [0.15, 0.2) is 0 Å². The first-order valence-electron chi connectivity index (χ1n) is 8.12. The lowest BCUT2D eigenvalue weighted by molar-refractivity contribution is 0.0696. The molecule has 0 bridgehead atoms. The fraction of sp³-hybridized carbons (Fsp3) is 0.211. The van der Waals surface area contributed by atoms with E-state index in [1.165, 1.54) is 12.1 Å². The van der Waals surface area contributed by atoms with Crippen molar-refractivity contribution in [1.29, 1.82) is 0 Å². The normalized spacial score (nSPS) is 10.8. The Bertz CT molecular complexity index is 960. The molecular weight excluding hydrogens is 318 g/mol. The van der Waals surface area contributed by atoms with Crippen LogP contribution in [0, 0.1) is 6.92 Å². The number of anilines is 1. The number of benzene rings is 1. The van der Waals surface area contributed by atoms with Gasteiger partial charge in [-0.2, -0.15) is 0 Å². The van der Waals surface area contributed by atoms with E-state index in [9.17, 15) is 9.59 Å². The summed E-state index contributed by atoms with van der Waals surface area (Å²) in [5.41, 5.74) is 3.35. The number of carboxylic acid groups (broad SMARTS) is 1. The van der Waals surface area contributed by atoms with Crippen LogP contribution in [0.3, 0.4) is 0 Å². The van der Waals surface area contributed by atoms with Crippen molar-refractivity contribution in [3.05, 3.63) is 65.1 Å². The molecule has 6 nitrogen and oxygen atoms in total. The number of fused-ring (bicyclic) bond motifs is 1. The van der Waals surface area contributed by atoms with Crippen LogP contribution in [0.25, 0.3) is 5.65 Å². The first-order valence-corrected chi connectivity index (χ1v) is 8.12. The topological polar surface area (TPSA) is 83.7 Å². The molecule has 0 atom stereocenters. The Kier molecular flexibility index (Phi) is 4.52. The minimum Gasteiger partial charge on any atom is -0.478 e. The molecule has 2 N–H and O–H groups in total. The molecule has 2 heterocycles. The van der Waals surface area contributed by atoms with Gasteiger partial charge in [-0.25, -0.2) is 9.78 Å². The second-order valence-corrected chi connectivity index (χ2v) is 5.87. The molecule has 2 aromatic heterocycles. The molecule has 0 saturated heterocycles. The Morgan fingerprint density at radius 1 is 1.24 bits per heavy atom. The van der Waals surface area contributed by atoms with E-state index in [0.29, 0.717) is 23.4 Å². The first-order chi connectivity index (χ1) is 12.0. The van der Waals surface area contributed by atoms with Gasteiger partial charge in [0.1, 0.15) is 11.3 Å². The molecule has 6 heteroatoms. The van der Waals surface area contributed by atoms with Crippen LogP contribution in [0.1, 0.15) is 45.4 Å². The van der Waals surface area contributed by atoms with Crippen molar-refractivity contribution in [2.24, 2.45) is 0 Å². The standard InChI is InChI=1S/C19H19N3O3/c1-3-6-14-17(22-10-5-4-7-16(22)20-14)18(23)21-15-11-13(19(24)25)9-8-12(15)2/h4-5,7-11H,3,6H2,1-2H3,(H,21,23)(H,24,25). The summed E-state index contributed by atoms with van der Waals surface area (Å²) in [5.74, 6) is -1.33. The fourth-order valence-electron chi connectivity index (χ4n) is 2.77. The van der Waals surface area contributed by atoms with Crippen LogP contribution in [0.5, 0.6) is 0 Å². The molecule has 128 valence electrons. The number of imidazole rings is 1. The number of amides is 1. The molecule has 0 fully saturated rings. The van der Waals surface area contributed by atoms with E-state index in [4.69, 9.17) is 5.11 Å². The van der Waals surface area contributed by atoms with Gasteiger partial charge in [-0.1, -0.05) is 25.5 Å². The van der Waals surface area contributed by atoms with Crippen molar-refractivity contribution in [3.63, 3.8) is 0 Å². The Labute approximate surface area is 145 Å². The van der Waals surface area contributed by atoms with Gasteiger partial charge in [0.2, 0.25) is 0 Å². The highest BCUT2D eigenvalue weighted by atomic mass is 16.4. The molecule has 25 heavy (non-hydrogen) atoms. The zero-order chi connectivity index (χ0) is 18.0. The van der Waals surface area contributed by atoms with E-state index >= 15 is 0 Å². The van der Waals surface area contributed by atoms with Gasteiger partial charge in [0.25, 0.3) is 5.91 Å². The smallest absolute Gasteiger partial charge is 0.335 e. The minimum absolute atomic E-state index is 0.132. The van der Waals surface area contributed by atoms with Crippen LogP contribution in [0.4, 0.5) is 5.69 Å². The molecule has 0 unspecified atom stereocenters. The zero-order valence-electron chi connectivity index (χ0n) is 14.1. The highest BCUT2D eigenvalue weighted by Gasteiger charge is 2.19. The molecule has 1 amide bonds. The Hall–Kier alpha value is -3.15. The maximum atomic E-state index is 12.9. The molecule has 0 saturated carbocycles. The third kappa shape index (κ3) is 3.24. The lowest BCUT2D eigenvalue weighted by Crippen LogP contribution is -2.17. The van der Waals surface area contributed by atoms with Crippen molar-refractivity contribution < 1.29 is 14.7 Å². The summed E-state index contributed by atoms with van der Waals surface area (Å²) in [4.78, 5) is 28.6. The van der Waals surface area contributed by atoms with Crippen LogP contribution in [-0.4, -0.2) is 26.4 Å². The number of carboxylic acids is 1. The molecule has 0 radical (unpaired) electrons. The molecule has 0 spiro atoms. The number of aromatic nitrogens is 2. The molecule has 3 rings (SSSR count). The monoisotopic (exact) mass is 337 g/mol. The average molecular weight is 337 g/mol. The second kappa shape index (κ2) is 6.76. The molecule has 0 aliphatic heterocycles. The maximum absolute atomic E-state index is 12.9. The number of aryl methyl sites for hydroxylation is 2. The number of pyridine rings is 1. The van der Waals surface area contributed by atoms with Crippen molar-refractivity contribution in [2.45, 2.75) is 26.7 Å². The molecule has 0 aliphatic rings. The summed E-state index contributed by atoms with van der Waals surface area (Å²) < 4.78 is 1.76. The van der Waals surface area contributed by atoms with Gasteiger partial charge in [-0.15, -0.1) is 0 Å². The first kappa shape index (κ1) is 16.7. The molecular formula is C19H19N3O3. The van der Waals surface area contributed by atoms with E-state index in [2.05, 4.69) is 10.3 Å². The Balaban J connectivity index is 2.02. The van der Waals surface area contributed by atoms with Gasteiger partial charge >= 0.3 is 5.97 Å². The van der Waals surface area contributed by atoms with Crippen molar-refractivity contribution in [2.75, 3.05) is 5.32 Å². The van der Waals surface area contributed by atoms with Crippen molar-refractivity contribution >= 4 is 23.2 Å². The number of hydrogen-bond donors (Lipinski definition) is 2. The molecule has 3 aromatic rings. The number of nitrogens with one attached hydrogen (secondary N) is 1. The Morgan fingerprint density at radius 2 is 2.04 bits per heavy atom.